The number of hydrogen-bond acceptors (Lipinski definition) is 4. The minimum absolute atomic E-state index is 0.223. The summed E-state index contributed by atoms with van der Waals surface area (Å²) in [5.74, 6) is 0.223. The summed E-state index contributed by atoms with van der Waals surface area (Å²) in [6.45, 7) is 6.04. The number of hydrogen-bond donors (Lipinski definition) is 1. The largest absolute Gasteiger partial charge is 0.388 e. The summed E-state index contributed by atoms with van der Waals surface area (Å²) in [6, 6.07) is 0. The third-order valence-corrected chi connectivity index (χ3v) is 4.26. The summed E-state index contributed by atoms with van der Waals surface area (Å²) >= 11 is 7.83. The van der Waals surface area contributed by atoms with Crippen LogP contribution in [0.2, 0.25) is 5.15 Å². The second-order valence-corrected chi connectivity index (χ2v) is 6.37. The maximum Gasteiger partial charge on any atom is 0.132 e. The first-order chi connectivity index (χ1) is 8.90. The van der Waals surface area contributed by atoms with Crippen molar-refractivity contribution in [2.24, 2.45) is 7.05 Å². The van der Waals surface area contributed by atoms with Crippen LogP contribution in [0, 0.1) is 6.92 Å². The Balaban J connectivity index is 2.30. The van der Waals surface area contributed by atoms with Crippen molar-refractivity contribution >= 4 is 22.9 Å². The van der Waals surface area contributed by atoms with E-state index in [0.717, 1.165) is 22.0 Å². The van der Waals surface area contributed by atoms with Crippen molar-refractivity contribution in [3.05, 3.63) is 32.5 Å². The molecule has 0 saturated heterocycles. The number of nitrogens with zero attached hydrogens (tertiary/aromatic N) is 3. The van der Waals surface area contributed by atoms with E-state index in [-0.39, 0.29) is 5.92 Å². The molecule has 19 heavy (non-hydrogen) atoms. The number of rotatable bonds is 4. The number of aryl methyl sites for hydroxylation is 2. The van der Waals surface area contributed by atoms with Crippen LogP contribution in [0.4, 0.5) is 0 Å². The van der Waals surface area contributed by atoms with Crippen molar-refractivity contribution in [1.82, 2.24) is 14.8 Å². The normalized spacial score (nSPS) is 13.2. The van der Waals surface area contributed by atoms with Crippen molar-refractivity contribution in [3.8, 4) is 0 Å². The summed E-state index contributed by atoms with van der Waals surface area (Å²) in [5, 5.41) is 18.3. The molecule has 0 aliphatic heterocycles. The zero-order chi connectivity index (χ0) is 14.2. The van der Waals surface area contributed by atoms with Crippen LogP contribution in [-0.4, -0.2) is 19.9 Å². The van der Waals surface area contributed by atoms with E-state index in [1.807, 2.05) is 26.2 Å². The smallest absolute Gasteiger partial charge is 0.132 e. The second kappa shape index (κ2) is 5.61. The molecule has 6 heteroatoms. The van der Waals surface area contributed by atoms with E-state index >= 15 is 0 Å². The summed E-state index contributed by atoms with van der Waals surface area (Å²) in [7, 11) is 1.79. The minimum Gasteiger partial charge on any atom is -0.388 e. The highest BCUT2D eigenvalue weighted by molar-refractivity contribution is 7.09. The molecule has 1 unspecified atom stereocenters. The SMILES string of the molecule is Cc1nc(CC(O)c2c(C(C)C)nn(C)c2Cl)cs1. The summed E-state index contributed by atoms with van der Waals surface area (Å²) in [4.78, 5) is 4.38. The van der Waals surface area contributed by atoms with Crippen molar-refractivity contribution in [1.29, 1.82) is 0 Å². The van der Waals surface area contributed by atoms with Crippen LogP contribution in [-0.2, 0) is 13.5 Å². The Bertz CT molecular complexity index is 576. The molecule has 2 rings (SSSR count). The molecule has 104 valence electrons. The Hall–Kier alpha value is -0.910. The molecular weight excluding hydrogens is 282 g/mol. The van der Waals surface area contributed by atoms with Crippen LogP contribution in [0.1, 0.15) is 47.8 Å². The molecule has 0 bridgehead atoms. The Morgan fingerprint density at radius 2 is 2.16 bits per heavy atom. The van der Waals surface area contributed by atoms with E-state index in [2.05, 4.69) is 10.1 Å². The summed E-state index contributed by atoms with van der Waals surface area (Å²) < 4.78 is 1.61. The first-order valence-corrected chi connectivity index (χ1v) is 7.47. The fourth-order valence-electron chi connectivity index (χ4n) is 2.08. The Kier molecular flexibility index (Phi) is 4.28. The average Bonchev–Trinajstić information content (AvgIpc) is 2.84. The molecule has 0 aromatic carbocycles. The maximum absolute atomic E-state index is 10.4. The van der Waals surface area contributed by atoms with Gasteiger partial charge in [0, 0.05) is 24.4 Å². The first kappa shape index (κ1) is 14.5. The molecule has 0 aliphatic carbocycles. The van der Waals surface area contributed by atoms with Gasteiger partial charge in [-0.25, -0.2) is 4.98 Å². The van der Waals surface area contributed by atoms with Crippen LogP contribution < -0.4 is 0 Å². The lowest BCUT2D eigenvalue weighted by Gasteiger charge is -2.12. The monoisotopic (exact) mass is 299 g/mol. The molecule has 1 atom stereocenters. The van der Waals surface area contributed by atoms with Crippen LogP contribution in [0.5, 0.6) is 0 Å². The van der Waals surface area contributed by atoms with Crippen LogP contribution >= 0.6 is 22.9 Å². The maximum atomic E-state index is 10.4. The standard InChI is InChI=1S/C13H18ClN3OS/c1-7(2)12-11(13(14)17(4)16-12)10(18)5-9-6-19-8(3)15-9/h6-7,10,18H,5H2,1-4H3. The zero-order valence-electron chi connectivity index (χ0n) is 11.5. The number of aromatic nitrogens is 3. The number of aliphatic hydroxyl groups is 1. The Morgan fingerprint density at radius 1 is 1.47 bits per heavy atom. The van der Waals surface area contributed by atoms with E-state index in [0.29, 0.717) is 11.6 Å². The van der Waals surface area contributed by atoms with Gasteiger partial charge in [-0.05, 0) is 12.8 Å². The van der Waals surface area contributed by atoms with Crippen molar-refractivity contribution in [2.75, 3.05) is 0 Å². The summed E-state index contributed by atoms with van der Waals surface area (Å²) in [6.07, 6.45) is -0.199. The van der Waals surface area contributed by atoms with Gasteiger partial charge in [-0.2, -0.15) is 5.10 Å². The van der Waals surface area contributed by atoms with Crippen LogP contribution in [0.25, 0.3) is 0 Å². The van der Waals surface area contributed by atoms with E-state index < -0.39 is 6.10 Å². The zero-order valence-corrected chi connectivity index (χ0v) is 13.1. The third kappa shape index (κ3) is 2.99. The van der Waals surface area contributed by atoms with Crippen molar-refractivity contribution in [2.45, 2.75) is 39.2 Å². The van der Waals surface area contributed by atoms with Gasteiger partial charge in [0.05, 0.1) is 22.5 Å². The van der Waals surface area contributed by atoms with Crippen LogP contribution in [0.15, 0.2) is 5.38 Å². The topological polar surface area (TPSA) is 50.9 Å². The Labute approximate surface area is 122 Å². The van der Waals surface area contributed by atoms with E-state index in [1.165, 1.54) is 0 Å². The molecule has 4 nitrogen and oxygen atoms in total. The highest BCUT2D eigenvalue weighted by Gasteiger charge is 2.24. The average molecular weight is 300 g/mol. The van der Waals surface area contributed by atoms with Gasteiger partial charge in [-0.1, -0.05) is 25.4 Å². The number of aliphatic hydroxyl groups excluding tert-OH is 1. The molecule has 1 N–H and O–H groups in total. The van der Waals surface area contributed by atoms with Crippen LogP contribution in [0.3, 0.4) is 0 Å². The lowest BCUT2D eigenvalue weighted by atomic mass is 10.00. The molecule has 0 amide bonds. The lowest BCUT2D eigenvalue weighted by molar-refractivity contribution is 0.176. The molecule has 0 saturated carbocycles. The molecule has 2 aromatic heterocycles. The molecule has 0 aliphatic rings. The van der Waals surface area contributed by atoms with Crippen molar-refractivity contribution < 1.29 is 5.11 Å². The van der Waals surface area contributed by atoms with Gasteiger partial charge in [0.15, 0.2) is 0 Å². The predicted octanol–water partition coefficient (Wildman–Crippen LogP) is 3.24. The molecule has 2 aromatic rings. The van der Waals surface area contributed by atoms with Gasteiger partial charge in [0.1, 0.15) is 5.15 Å². The number of thiazole rings is 1. The lowest BCUT2D eigenvalue weighted by Crippen LogP contribution is -2.06. The predicted molar refractivity (Wildman–Crippen MR) is 77.8 cm³/mol. The summed E-state index contributed by atoms with van der Waals surface area (Å²) in [5.41, 5.74) is 2.47. The van der Waals surface area contributed by atoms with E-state index in [1.54, 1.807) is 23.1 Å². The fraction of sp³-hybridized carbons (Fsp3) is 0.538. The van der Waals surface area contributed by atoms with Gasteiger partial charge in [0.25, 0.3) is 0 Å². The van der Waals surface area contributed by atoms with E-state index in [4.69, 9.17) is 11.6 Å². The number of halogens is 1. The molecule has 0 spiro atoms. The second-order valence-electron chi connectivity index (χ2n) is 4.95. The highest BCUT2D eigenvalue weighted by atomic mass is 35.5. The third-order valence-electron chi connectivity index (χ3n) is 2.99. The molecular formula is C13H18ClN3OS. The van der Waals surface area contributed by atoms with Crippen molar-refractivity contribution in [3.63, 3.8) is 0 Å². The highest BCUT2D eigenvalue weighted by Crippen LogP contribution is 2.32. The quantitative estimate of drug-likeness (QED) is 0.943. The minimum atomic E-state index is -0.667. The first-order valence-electron chi connectivity index (χ1n) is 6.21. The molecule has 0 fully saturated rings. The van der Waals surface area contributed by atoms with Gasteiger partial charge < -0.3 is 5.11 Å². The van der Waals surface area contributed by atoms with E-state index in [9.17, 15) is 5.11 Å². The van der Waals surface area contributed by atoms with Gasteiger partial charge in [-0.15, -0.1) is 11.3 Å². The van der Waals surface area contributed by atoms with Gasteiger partial charge in [-0.3, -0.25) is 4.68 Å². The Morgan fingerprint density at radius 3 is 2.68 bits per heavy atom. The fourth-order valence-corrected chi connectivity index (χ4v) is 2.96. The molecule has 2 heterocycles. The molecule has 0 radical (unpaired) electrons. The van der Waals surface area contributed by atoms with Gasteiger partial charge >= 0.3 is 0 Å². The van der Waals surface area contributed by atoms with Gasteiger partial charge in [0.2, 0.25) is 0 Å².